The molecule has 1 aromatic rings. The van der Waals surface area contributed by atoms with E-state index in [0.717, 1.165) is 12.8 Å². The molecule has 0 aromatic heterocycles. The van der Waals surface area contributed by atoms with Gasteiger partial charge in [-0.15, -0.1) is 0 Å². The normalized spacial score (nSPS) is 13.4. The number of benzene rings is 1. The molecule has 0 heterocycles. The predicted molar refractivity (Wildman–Crippen MR) is 82.1 cm³/mol. The van der Waals surface area contributed by atoms with Gasteiger partial charge in [-0.25, -0.2) is 0 Å². The topological polar surface area (TPSA) is 65.7 Å². The Morgan fingerprint density at radius 2 is 1.85 bits per heavy atom. The molecule has 0 saturated heterocycles. The Morgan fingerprint density at radius 1 is 1.20 bits per heavy atom. The summed E-state index contributed by atoms with van der Waals surface area (Å²) in [6.45, 7) is 2.49. The van der Waals surface area contributed by atoms with E-state index < -0.39 is 8.80 Å². The summed E-state index contributed by atoms with van der Waals surface area (Å²) in [5, 5.41) is 3.11. The maximum absolute atomic E-state index is 5.88. The van der Waals surface area contributed by atoms with E-state index in [0.29, 0.717) is 12.8 Å². The highest BCUT2D eigenvalue weighted by Crippen LogP contribution is 2.09. The molecule has 0 saturated carbocycles. The molecule has 0 fully saturated rings. The first-order chi connectivity index (χ1) is 9.62. The monoisotopic (exact) mass is 298 g/mol. The van der Waals surface area contributed by atoms with E-state index in [2.05, 4.69) is 17.4 Å². The highest BCUT2D eigenvalue weighted by Gasteiger charge is 2.38. The molecule has 114 valence electrons. The van der Waals surface area contributed by atoms with E-state index in [1.54, 1.807) is 14.2 Å². The maximum Gasteiger partial charge on any atom is 0.515 e. The van der Waals surface area contributed by atoms with Gasteiger partial charge in [0.25, 0.3) is 0 Å². The predicted octanol–water partition coefficient (Wildman–Crippen LogP) is 1.30. The number of aryl methyl sites for hydroxylation is 1. The Balaban J connectivity index is 2.35. The fourth-order valence-corrected chi connectivity index (χ4v) is 3.65. The number of nitrogens with one attached hydrogen (secondary N) is 1. The van der Waals surface area contributed by atoms with Crippen LogP contribution in [0.2, 0.25) is 0 Å². The molecule has 0 spiro atoms. The van der Waals surface area contributed by atoms with E-state index >= 15 is 0 Å². The summed E-state index contributed by atoms with van der Waals surface area (Å²) in [6.07, 6.45) is 2.33. The van der Waals surface area contributed by atoms with Gasteiger partial charge in [-0.2, -0.15) is 0 Å². The Labute approximate surface area is 122 Å². The zero-order valence-electron chi connectivity index (χ0n) is 12.6. The lowest BCUT2D eigenvalue weighted by molar-refractivity contribution is 0.0949. The molecular weight excluding hydrogens is 272 g/mol. The lowest BCUT2D eigenvalue weighted by Gasteiger charge is -2.27. The smallest absolute Gasteiger partial charge is 0.376 e. The molecule has 5 nitrogen and oxygen atoms in total. The fraction of sp³-hybridized carbons (Fsp3) is 0.571. The van der Waals surface area contributed by atoms with Crippen LogP contribution in [0.4, 0.5) is 0 Å². The summed E-state index contributed by atoms with van der Waals surface area (Å²) in [5.41, 5.74) is 7.00. The molecule has 0 aliphatic heterocycles. The minimum atomic E-state index is -2.64. The van der Waals surface area contributed by atoms with Crippen LogP contribution in [0.1, 0.15) is 18.9 Å². The van der Waals surface area contributed by atoms with E-state index in [1.807, 2.05) is 25.1 Å². The standard InChI is InChI=1S/C14H26N2O3Si/c1-13(15)16-12-20(17-2,18-3)19-11-7-10-14-8-5-4-6-9-14/h4-6,8-9,13,16H,7,10-12,15H2,1-3H3. The maximum atomic E-state index is 5.88. The summed E-state index contributed by atoms with van der Waals surface area (Å²) < 4.78 is 16.8. The number of rotatable bonds is 10. The fourth-order valence-electron chi connectivity index (χ4n) is 1.83. The van der Waals surface area contributed by atoms with Crippen molar-refractivity contribution in [3.8, 4) is 0 Å². The lowest BCUT2D eigenvalue weighted by Crippen LogP contribution is -2.55. The van der Waals surface area contributed by atoms with Crippen molar-refractivity contribution in [2.75, 3.05) is 27.0 Å². The van der Waals surface area contributed by atoms with Gasteiger partial charge in [-0.1, -0.05) is 30.3 Å². The summed E-state index contributed by atoms with van der Waals surface area (Å²) in [4.78, 5) is 0. The van der Waals surface area contributed by atoms with Gasteiger partial charge in [-0.3, -0.25) is 5.32 Å². The second-order valence-electron chi connectivity index (χ2n) is 4.70. The van der Waals surface area contributed by atoms with Crippen LogP contribution in [0, 0.1) is 0 Å². The second kappa shape index (κ2) is 9.22. The Kier molecular flexibility index (Phi) is 7.97. The first-order valence-electron chi connectivity index (χ1n) is 6.89. The second-order valence-corrected chi connectivity index (χ2v) is 7.52. The van der Waals surface area contributed by atoms with Crippen molar-refractivity contribution in [1.82, 2.24) is 5.32 Å². The van der Waals surface area contributed by atoms with Gasteiger partial charge < -0.3 is 19.0 Å². The van der Waals surface area contributed by atoms with Crippen LogP contribution >= 0.6 is 0 Å². The third-order valence-corrected chi connectivity index (χ3v) is 5.56. The van der Waals surface area contributed by atoms with Gasteiger partial charge in [0.2, 0.25) is 0 Å². The van der Waals surface area contributed by atoms with Crippen molar-refractivity contribution in [2.45, 2.75) is 25.9 Å². The van der Waals surface area contributed by atoms with Crippen LogP contribution in [0.5, 0.6) is 0 Å². The third kappa shape index (κ3) is 6.13. The average molecular weight is 298 g/mol. The molecule has 0 radical (unpaired) electrons. The molecule has 1 rings (SSSR count). The number of nitrogens with two attached hydrogens (primary N) is 1. The molecule has 1 aromatic carbocycles. The average Bonchev–Trinajstić information content (AvgIpc) is 2.48. The van der Waals surface area contributed by atoms with Crippen LogP contribution < -0.4 is 11.1 Å². The van der Waals surface area contributed by atoms with Crippen LogP contribution in [-0.4, -0.2) is 42.0 Å². The van der Waals surface area contributed by atoms with E-state index in [4.69, 9.17) is 19.0 Å². The summed E-state index contributed by atoms with van der Waals surface area (Å²) >= 11 is 0. The molecule has 0 aliphatic carbocycles. The van der Waals surface area contributed by atoms with E-state index in [-0.39, 0.29) is 6.17 Å². The highest BCUT2D eigenvalue weighted by atomic mass is 28.4. The van der Waals surface area contributed by atoms with Gasteiger partial charge in [0.05, 0.1) is 12.3 Å². The van der Waals surface area contributed by atoms with Gasteiger partial charge in [0.1, 0.15) is 0 Å². The van der Waals surface area contributed by atoms with E-state index in [1.165, 1.54) is 5.56 Å². The zero-order chi connectivity index (χ0) is 14.8. The van der Waals surface area contributed by atoms with Crippen LogP contribution in [-0.2, 0) is 19.7 Å². The molecule has 1 unspecified atom stereocenters. The van der Waals surface area contributed by atoms with Gasteiger partial charge in [0.15, 0.2) is 0 Å². The third-order valence-electron chi connectivity index (χ3n) is 3.04. The summed E-state index contributed by atoms with van der Waals surface area (Å²) in [5.74, 6) is 0. The van der Waals surface area contributed by atoms with Crippen LogP contribution in [0.15, 0.2) is 30.3 Å². The first-order valence-corrected chi connectivity index (χ1v) is 8.82. The lowest BCUT2D eigenvalue weighted by atomic mass is 10.1. The van der Waals surface area contributed by atoms with Crippen molar-refractivity contribution >= 4 is 8.80 Å². The van der Waals surface area contributed by atoms with Gasteiger partial charge in [0, 0.05) is 20.8 Å². The van der Waals surface area contributed by atoms with Crippen LogP contribution in [0.3, 0.4) is 0 Å². The van der Waals surface area contributed by atoms with Gasteiger partial charge in [-0.05, 0) is 25.3 Å². The molecule has 3 N–H and O–H groups in total. The number of hydrogen-bond acceptors (Lipinski definition) is 5. The highest BCUT2D eigenvalue weighted by molar-refractivity contribution is 6.60. The van der Waals surface area contributed by atoms with Crippen molar-refractivity contribution in [1.29, 1.82) is 0 Å². The Morgan fingerprint density at radius 3 is 2.40 bits per heavy atom. The summed E-state index contributed by atoms with van der Waals surface area (Å²) in [6, 6.07) is 10.4. The molecule has 1 atom stereocenters. The SMILES string of the molecule is CO[Si](CNC(C)N)(OC)OCCCc1ccccc1. The first kappa shape index (κ1) is 17.3. The molecular formula is C14H26N2O3Si. The van der Waals surface area contributed by atoms with Gasteiger partial charge >= 0.3 is 8.80 Å². The zero-order valence-corrected chi connectivity index (χ0v) is 13.6. The minimum absolute atomic E-state index is 0.111. The molecule has 20 heavy (non-hydrogen) atoms. The minimum Gasteiger partial charge on any atom is -0.376 e. The molecule has 6 heteroatoms. The van der Waals surface area contributed by atoms with Crippen molar-refractivity contribution in [3.05, 3.63) is 35.9 Å². The van der Waals surface area contributed by atoms with Crippen molar-refractivity contribution in [2.24, 2.45) is 5.73 Å². The summed E-state index contributed by atoms with van der Waals surface area (Å²) in [7, 11) is 0.606. The van der Waals surface area contributed by atoms with E-state index in [9.17, 15) is 0 Å². The van der Waals surface area contributed by atoms with Crippen molar-refractivity contribution in [3.63, 3.8) is 0 Å². The Bertz CT molecular complexity index is 359. The van der Waals surface area contributed by atoms with Crippen LogP contribution in [0.25, 0.3) is 0 Å². The molecule has 0 bridgehead atoms. The quantitative estimate of drug-likeness (QED) is 0.387. The molecule has 0 amide bonds. The van der Waals surface area contributed by atoms with Crippen molar-refractivity contribution < 1.29 is 13.3 Å². The largest absolute Gasteiger partial charge is 0.515 e. The Hall–Kier alpha value is -0.763. The number of hydrogen-bond donors (Lipinski definition) is 2. The molecule has 0 aliphatic rings.